The van der Waals surface area contributed by atoms with Crippen molar-refractivity contribution in [3.05, 3.63) is 59.9 Å². The molecule has 2 N–H and O–H groups in total. The first kappa shape index (κ1) is 20.9. The number of nitrogens with zero attached hydrogens (tertiary/aromatic N) is 2. The average Bonchev–Trinajstić information content (AvgIpc) is 2.76. The first-order chi connectivity index (χ1) is 14.2. The number of aliphatic imine (C=N–C) groups is 1. The largest absolute Gasteiger partial charge is 0.486 e. The molecule has 1 fully saturated rings. The molecule has 7 heteroatoms. The molecule has 0 saturated carbocycles. The number of hydrogen-bond donors (Lipinski definition) is 2. The van der Waals surface area contributed by atoms with Gasteiger partial charge in [-0.25, -0.2) is 4.39 Å². The molecule has 2 aromatic rings. The van der Waals surface area contributed by atoms with Crippen LogP contribution < -0.4 is 20.3 Å². The SMILES string of the molecule is CN=C(NCc1ccc(N2CCOCC2)cc1)NCC(C)Oc1ccccc1F. The van der Waals surface area contributed by atoms with E-state index in [2.05, 4.69) is 44.8 Å². The zero-order chi connectivity index (χ0) is 20.5. The predicted molar refractivity (Wildman–Crippen MR) is 114 cm³/mol. The smallest absolute Gasteiger partial charge is 0.191 e. The predicted octanol–water partition coefficient (Wildman–Crippen LogP) is 2.79. The number of rotatable bonds is 7. The van der Waals surface area contributed by atoms with Crippen molar-refractivity contribution in [1.29, 1.82) is 0 Å². The van der Waals surface area contributed by atoms with Gasteiger partial charge in [-0.1, -0.05) is 24.3 Å². The highest BCUT2D eigenvalue weighted by molar-refractivity contribution is 5.79. The minimum absolute atomic E-state index is 0.210. The van der Waals surface area contributed by atoms with Gasteiger partial charge in [-0.2, -0.15) is 0 Å². The quantitative estimate of drug-likeness (QED) is 0.553. The van der Waals surface area contributed by atoms with Crippen molar-refractivity contribution in [2.45, 2.75) is 19.6 Å². The Balaban J connectivity index is 1.43. The molecule has 29 heavy (non-hydrogen) atoms. The summed E-state index contributed by atoms with van der Waals surface area (Å²) < 4.78 is 24.7. The van der Waals surface area contributed by atoms with Gasteiger partial charge < -0.3 is 25.0 Å². The Morgan fingerprint density at radius 2 is 1.86 bits per heavy atom. The van der Waals surface area contributed by atoms with E-state index in [9.17, 15) is 4.39 Å². The number of ether oxygens (including phenoxy) is 2. The number of guanidine groups is 1. The van der Waals surface area contributed by atoms with E-state index in [-0.39, 0.29) is 17.7 Å². The highest BCUT2D eigenvalue weighted by Gasteiger charge is 2.11. The maximum absolute atomic E-state index is 13.7. The van der Waals surface area contributed by atoms with Crippen molar-refractivity contribution in [3.63, 3.8) is 0 Å². The highest BCUT2D eigenvalue weighted by Crippen LogP contribution is 2.17. The highest BCUT2D eigenvalue weighted by atomic mass is 19.1. The molecule has 1 aliphatic rings. The first-order valence-corrected chi connectivity index (χ1v) is 9.93. The van der Waals surface area contributed by atoms with Gasteiger partial charge in [0.15, 0.2) is 17.5 Å². The summed E-state index contributed by atoms with van der Waals surface area (Å²) in [6.45, 7) is 6.48. The molecule has 1 atom stereocenters. The van der Waals surface area contributed by atoms with Crippen LogP contribution in [0.4, 0.5) is 10.1 Å². The lowest BCUT2D eigenvalue weighted by atomic mass is 10.2. The lowest BCUT2D eigenvalue weighted by Crippen LogP contribution is -2.41. The summed E-state index contributed by atoms with van der Waals surface area (Å²) in [4.78, 5) is 6.56. The van der Waals surface area contributed by atoms with Gasteiger partial charge in [0.1, 0.15) is 6.10 Å². The zero-order valence-corrected chi connectivity index (χ0v) is 17.0. The maximum Gasteiger partial charge on any atom is 0.191 e. The van der Waals surface area contributed by atoms with Crippen molar-refractivity contribution in [2.75, 3.05) is 44.8 Å². The summed E-state index contributed by atoms with van der Waals surface area (Å²) in [5.41, 5.74) is 2.39. The fourth-order valence-electron chi connectivity index (χ4n) is 3.09. The van der Waals surface area contributed by atoms with Gasteiger partial charge >= 0.3 is 0 Å². The third-order valence-electron chi connectivity index (χ3n) is 4.72. The third kappa shape index (κ3) is 6.35. The fourth-order valence-corrected chi connectivity index (χ4v) is 3.09. The molecular weight excluding hydrogens is 371 g/mol. The van der Waals surface area contributed by atoms with E-state index in [1.807, 2.05) is 6.92 Å². The molecule has 1 unspecified atom stereocenters. The van der Waals surface area contributed by atoms with Gasteiger partial charge in [-0.15, -0.1) is 0 Å². The topological polar surface area (TPSA) is 58.1 Å². The normalized spacial score (nSPS) is 15.7. The molecule has 0 aliphatic carbocycles. The Hall–Kier alpha value is -2.80. The number of hydrogen-bond acceptors (Lipinski definition) is 4. The van der Waals surface area contributed by atoms with E-state index >= 15 is 0 Å². The second-order valence-corrected chi connectivity index (χ2v) is 6.93. The van der Waals surface area contributed by atoms with Crippen LogP contribution >= 0.6 is 0 Å². The Morgan fingerprint density at radius 1 is 1.14 bits per heavy atom. The lowest BCUT2D eigenvalue weighted by molar-refractivity contribution is 0.122. The van der Waals surface area contributed by atoms with Gasteiger partial charge in [-0.3, -0.25) is 4.99 Å². The third-order valence-corrected chi connectivity index (χ3v) is 4.72. The van der Waals surface area contributed by atoms with Crippen molar-refractivity contribution >= 4 is 11.6 Å². The molecule has 6 nitrogen and oxygen atoms in total. The van der Waals surface area contributed by atoms with E-state index in [1.54, 1.807) is 25.2 Å². The number of para-hydroxylation sites is 1. The number of halogens is 1. The van der Waals surface area contributed by atoms with Gasteiger partial charge in [0.25, 0.3) is 0 Å². The Morgan fingerprint density at radius 3 is 2.55 bits per heavy atom. The summed E-state index contributed by atoms with van der Waals surface area (Å²) in [6, 6.07) is 14.9. The van der Waals surface area contributed by atoms with Crippen LogP contribution in [0, 0.1) is 5.82 Å². The summed E-state index contributed by atoms with van der Waals surface area (Å²) in [5.74, 6) is 0.568. The number of anilines is 1. The van der Waals surface area contributed by atoms with Crippen LogP contribution in [-0.2, 0) is 11.3 Å². The molecule has 0 amide bonds. The zero-order valence-electron chi connectivity index (χ0n) is 17.0. The fraction of sp³-hybridized carbons (Fsp3) is 0.409. The number of benzene rings is 2. The van der Waals surface area contributed by atoms with E-state index in [1.165, 1.54) is 17.3 Å². The molecule has 156 valence electrons. The van der Waals surface area contributed by atoms with Crippen LogP contribution in [0.1, 0.15) is 12.5 Å². The summed E-state index contributed by atoms with van der Waals surface area (Å²) in [6.07, 6.45) is -0.210. The van der Waals surface area contributed by atoms with Gasteiger partial charge in [0.05, 0.1) is 19.8 Å². The second-order valence-electron chi connectivity index (χ2n) is 6.93. The van der Waals surface area contributed by atoms with Crippen LogP contribution in [-0.4, -0.2) is 52.0 Å². The van der Waals surface area contributed by atoms with Gasteiger partial charge in [-0.05, 0) is 36.8 Å². The number of morpholine rings is 1. The van der Waals surface area contributed by atoms with Crippen molar-refractivity contribution < 1.29 is 13.9 Å². The Bertz CT molecular complexity index is 792. The molecule has 0 bridgehead atoms. The molecule has 1 aliphatic heterocycles. The number of nitrogens with one attached hydrogen (secondary N) is 2. The molecular formula is C22H29FN4O2. The van der Waals surface area contributed by atoms with Crippen LogP contribution in [0.25, 0.3) is 0 Å². The standard InChI is InChI=1S/C22H29FN4O2/c1-17(29-21-6-4-3-5-20(21)23)15-25-22(24-2)26-16-18-7-9-19(10-8-18)27-11-13-28-14-12-27/h3-10,17H,11-16H2,1-2H3,(H2,24,25,26). The maximum atomic E-state index is 13.7. The Kier molecular flexibility index (Phi) is 7.69. The van der Waals surface area contributed by atoms with E-state index in [4.69, 9.17) is 9.47 Å². The molecule has 0 spiro atoms. The van der Waals surface area contributed by atoms with Gasteiger partial charge in [0, 0.05) is 32.4 Å². The van der Waals surface area contributed by atoms with E-state index in [0.717, 1.165) is 26.3 Å². The van der Waals surface area contributed by atoms with Crippen molar-refractivity contribution in [1.82, 2.24) is 10.6 Å². The Labute approximate surface area is 171 Å². The van der Waals surface area contributed by atoms with Crippen LogP contribution in [0.2, 0.25) is 0 Å². The minimum atomic E-state index is -0.359. The average molecular weight is 400 g/mol. The summed E-state index contributed by atoms with van der Waals surface area (Å²) in [5, 5.41) is 6.50. The van der Waals surface area contributed by atoms with Crippen LogP contribution in [0.5, 0.6) is 5.75 Å². The van der Waals surface area contributed by atoms with Crippen molar-refractivity contribution in [2.24, 2.45) is 4.99 Å². The molecule has 1 saturated heterocycles. The molecule has 2 aromatic carbocycles. The first-order valence-electron chi connectivity index (χ1n) is 9.93. The molecule has 1 heterocycles. The lowest BCUT2D eigenvalue weighted by Gasteiger charge is -2.29. The van der Waals surface area contributed by atoms with Gasteiger partial charge in [0.2, 0.25) is 0 Å². The summed E-state index contributed by atoms with van der Waals surface area (Å²) >= 11 is 0. The van der Waals surface area contributed by atoms with Crippen LogP contribution in [0.3, 0.4) is 0 Å². The molecule has 0 aromatic heterocycles. The second kappa shape index (κ2) is 10.7. The molecule has 0 radical (unpaired) electrons. The molecule has 3 rings (SSSR count). The minimum Gasteiger partial charge on any atom is -0.486 e. The van der Waals surface area contributed by atoms with Crippen LogP contribution in [0.15, 0.2) is 53.5 Å². The van der Waals surface area contributed by atoms with E-state index in [0.29, 0.717) is 19.0 Å². The summed E-state index contributed by atoms with van der Waals surface area (Å²) in [7, 11) is 1.72. The van der Waals surface area contributed by atoms with Crippen molar-refractivity contribution in [3.8, 4) is 5.75 Å². The monoisotopic (exact) mass is 400 g/mol. The van der Waals surface area contributed by atoms with E-state index < -0.39 is 0 Å².